The van der Waals surface area contributed by atoms with Crippen LogP contribution in [-0.4, -0.2) is 38.7 Å². The largest absolute Gasteiger partial charge is 0.388 e. The van der Waals surface area contributed by atoms with Gasteiger partial charge in [-0.15, -0.1) is 0 Å². The Morgan fingerprint density at radius 3 is 2.67 bits per heavy atom. The van der Waals surface area contributed by atoms with Crippen LogP contribution in [0.3, 0.4) is 0 Å². The zero-order valence-corrected chi connectivity index (χ0v) is 9.48. The molecule has 0 radical (unpaired) electrons. The average molecular weight is 249 g/mol. The van der Waals surface area contributed by atoms with E-state index >= 15 is 0 Å². The van der Waals surface area contributed by atoms with Gasteiger partial charge in [0, 0.05) is 0 Å². The zero-order valence-electron chi connectivity index (χ0n) is 9.48. The summed E-state index contributed by atoms with van der Waals surface area (Å²) in [6, 6.07) is 5.57. The van der Waals surface area contributed by atoms with Gasteiger partial charge in [-0.25, -0.2) is 14.1 Å². The van der Waals surface area contributed by atoms with E-state index in [2.05, 4.69) is 10.1 Å². The molecule has 0 amide bonds. The first-order valence-corrected chi connectivity index (χ1v) is 5.65. The maximum atomic E-state index is 12.9. The molecule has 94 valence electrons. The molecule has 1 aromatic carbocycles. The number of benzene rings is 1. The Kier molecular flexibility index (Phi) is 2.81. The fourth-order valence-corrected chi connectivity index (χ4v) is 1.98. The van der Waals surface area contributed by atoms with Crippen molar-refractivity contribution in [1.82, 2.24) is 14.8 Å². The Hall–Kier alpha value is -1.79. The van der Waals surface area contributed by atoms with Crippen molar-refractivity contribution in [2.75, 3.05) is 6.61 Å². The number of nitrogens with zero attached hydrogens (tertiary/aromatic N) is 3. The Balaban J connectivity index is 1.96. The minimum Gasteiger partial charge on any atom is -0.388 e. The fraction of sp³-hybridized carbons (Fsp3) is 0.333. The zero-order chi connectivity index (χ0) is 12.5. The maximum Gasteiger partial charge on any atom is 0.137 e. The number of hydrogen-bond donors (Lipinski definition) is 1. The molecule has 1 N–H and O–H groups in total. The van der Waals surface area contributed by atoms with Gasteiger partial charge >= 0.3 is 0 Å². The second kappa shape index (κ2) is 4.47. The lowest BCUT2D eigenvalue weighted by Crippen LogP contribution is -2.30. The molecule has 3 rings (SSSR count). The van der Waals surface area contributed by atoms with Crippen LogP contribution in [0.25, 0.3) is 0 Å². The number of aromatic nitrogens is 3. The van der Waals surface area contributed by atoms with Crippen molar-refractivity contribution >= 4 is 0 Å². The van der Waals surface area contributed by atoms with Crippen LogP contribution in [0.4, 0.5) is 4.39 Å². The first-order valence-electron chi connectivity index (χ1n) is 5.65. The minimum atomic E-state index is -0.725. The molecule has 3 atom stereocenters. The summed E-state index contributed by atoms with van der Waals surface area (Å²) in [4.78, 5) is 3.87. The van der Waals surface area contributed by atoms with E-state index in [0.29, 0.717) is 6.61 Å². The monoisotopic (exact) mass is 249 g/mol. The summed E-state index contributed by atoms with van der Waals surface area (Å²) in [7, 11) is 0. The molecule has 2 aromatic rings. The standard InChI is InChI=1S/C12H12FN3O2/c13-9-3-1-8(2-4-9)11(12(17)10-5-18-10)16-7-14-6-15-16/h1-4,6-7,10-12,17H,5H2. The van der Waals surface area contributed by atoms with Gasteiger partial charge in [-0.2, -0.15) is 5.10 Å². The summed E-state index contributed by atoms with van der Waals surface area (Å²) in [5.41, 5.74) is 0.768. The van der Waals surface area contributed by atoms with Crippen molar-refractivity contribution in [3.63, 3.8) is 0 Å². The van der Waals surface area contributed by atoms with E-state index in [9.17, 15) is 9.50 Å². The topological polar surface area (TPSA) is 63.5 Å². The van der Waals surface area contributed by atoms with Crippen molar-refractivity contribution in [3.8, 4) is 0 Å². The molecule has 5 nitrogen and oxygen atoms in total. The van der Waals surface area contributed by atoms with E-state index < -0.39 is 12.1 Å². The van der Waals surface area contributed by atoms with Gasteiger partial charge in [-0.1, -0.05) is 12.1 Å². The van der Waals surface area contributed by atoms with Gasteiger partial charge in [0.15, 0.2) is 0 Å². The second-order valence-corrected chi connectivity index (χ2v) is 4.23. The van der Waals surface area contributed by atoms with Gasteiger partial charge in [0.2, 0.25) is 0 Å². The SMILES string of the molecule is OC(C1CO1)C(c1ccc(F)cc1)n1cncn1. The van der Waals surface area contributed by atoms with Crippen LogP contribution in [0.2, 0.25) is 0 Å². The van der Waals surface area contributed by atoms with Crippen molar-refractivity contribution in [2.45, 2.75) is 18.2 Å². The summed E-state index contributed by atoms with van der Waals surface area (Å²) in [5.74, 6) is -0.312. The predicted molar refractivity (Wildman–Crippen MR) is 60.3 cm³/mol. The van der Waals surface area contributed by atoms with E-state index in [1.54, 1.807) is 16.8 Å². The van der Waals surface area contributed by atoms with Crippen LogP contribution < -0.4 is 0 Å². The number of rotatable bonds is 4. The molecule has 1 saturated heterocycles. The van der Waals surface area contributed by atoms with E-state index in [1.807, 2.05) is 0 Å². The van der Waals surface area contributed by atoms with Gasteiger partial charge < -0.3 is 9.84 Å². The molecule has 1 fully saturated rings. The van der Waals surface area contributed by atoms with Crippen LogP contribution in [-0.2, 0) is 4.74 Å². The van der Waals surface area contributed by atoms with Crippen LogP contribution in [0, 0.1) is 5.82 Å². The molecular weight excluding hydrogens is 237 g/mol. The Morgan fingerprint density at radius 1 is 1.39 bits per heavy atom. The Morgan fingerprint density at radius 2 is 2.11 bits per heavy atom. The normalized spacial score (nSPS) is 21.6. The van der Waals surface area contributed by atoms with Gasteiger partial charge in [0.05, 0.1) is 6.61 Å². The summed E-state index contributed by atoms with van der Waals surface area (Å²) in [6.07, 6.45) is 2.01. The number of hydrogen-bond acceptors (Lipinski definition) is 4. The van der Waals surface area contributed by atoms with Gasteiger partial charge in [-0.3, -0.25) is 0 Å². The highest BCUT2D eigenvalue weighted by Crippen LogP contribution is 2.28. The summed E-state index contributed by atoms with van der Waals surface area (Å²) in [6.45, 7) is 0.535. The predicted octanol–water partition coefficient (Wildman–Crippen LogP) is 0.766. The highest BCUT2D eigenvalue weighted by Gasteiger charge is 2.38. The van der Waals surface area contributed by atoms with Crippen molar-refractivity contribution in [1.29, 1.82) is 0 Å². The second-order valence-electron chi connectivity index (χ2n) is 4.23. The number of aliphatic hydroxyl groups is 1. The fourth-order valence-electron chi connectivity index (χ4n) is 1.98. The van der Waals surface area contributed by atoms with Crippen LogP contribution in [0.5, 0.6) is 0 Å². The highest BCUT2D eigenvalue weighted by atomic mass is 19.1. The number of halogens is 1. The number of epoxide rings is 1. The van der Waals surface area contributed by atoms with E-state index in [1.165, 1.54) is 24.8 Å². The van der Waals surface area contributed by atoms with Crippen molar-refractivity contribution < 1.29 is 14.2 Å². The molecule has 3 unspecified atom stereocenters. The highest BCUT2D eigenvalue weighted by molar-refractivity contribution is 5.22. The van der Waals surface area contributed by atoms with E-state index in [0.717, 1.165) is 5.56 Å². The summed E-state index contributed by atoms with van der Waals surface area (Å²) >= 11 is 0. The lowest BCUT2D eigenvalue weighted by molar-refractivity contribution is 0.0919. The molecule has 18 heavy (non-hydrogen) atoms. The number of ether oxygens (including phenoxy) is 1. The van der Waals surface area contributed by atoms with E-state index in [4.69, 9.17) is 4.74 Å². The molecular formula is C12H12FN3O2. The van der Waals surface area contributed by atoms with Crippen LogP contribution >= 0.6 is 0 Å². The maximum absolute atomic E-state index is 12.9. The number of aliphatic hydroxyl groups excluding tert-OH is 1. The summed E-state index contributed by atoms with van der Waals surface area (Å²) < 4.78 is 19.6. The van der Waals surface area contributed by atoms with Crippen LogP contribution in [0.1, 0.15) is 11.6 Å². The average Bonchev–Trinajstić information content (AvgIpc) is 3.10. The van der Waals surface area contributed by atoms with Crippen molar-refractivity contribution in [2.24, 2.45) is 0 Å². The summed E-state index contributed by atoms with van der Waals surface area (Å²) in [5, 5.41) is 14.3. The van der Waals surface area contributed by atoms with Crippen LogP contribution in [0.15, 0.2) is 36.9 Å². The lowest BCUT2D eigenvalue weighted by atomic mass is 9.99. The first-order chi connectivity index (χ1) is 8.75. The molecule has 1 aromatic heterocycles. The molecule has 0 saturated carbocycles. The van der Waals surface area contributed by atoms with E-state index in [-0.39, 0.29) is 11.9 Å². The smallest absolute Gasteiger partial charge is 0.137 e. The molecule has 0 spiro atoms. The molecule has 0 aliphatic carbocycles. The van der Waals surface area contributed by atoms with Gasteiger partial charge in [0.25, 0.3) is 0 Å². The molecule has 0 bridgehead atoms. The lowest BCUT2D eigenvalue weighted by Gasteiger charge is -2.22. The Bertz CT molecular complexity index is 511. The molecule has 1 aliphatic heterocycles. The first kappa shape index (κ1) is 11.3. The van der Waals surface area contributed by atoms with Gasteiger partial charge in [-0.05, 0) is 17.7 Å². The third-order valence-electron chi connectivity index (χ3n) is 3.00. The minimum absolute atomic E-state index is 0.191. The third kappa shape index (κ3) is 2.12. The van der Waals surface area contributed by atoms with Gasteiger partial charge in [0.1, 0.15) is 36.7 Å². The molecule has 6 heteroatoms. The molecule has 1 aliphatic rings. The Labute approximate surface area is 103 Å². The van der Waals surface area contributed by atoms with Crippen molar-refractivity contribution in [3.05, 3.63) is 48.3 Å². The quantitative estimate of drug-likeness (QED) is 0.813. The third-order valence-corrected chi connectivity index (χ3v) is 3.00. The molecule has 2 heterocycles.